The minimum absolute atomic E-state index is 0.201. The van der Waals surface area contributed by atoms with Crippen LogP contribution in [0.25, 0.3) is 0 Å². The highest BCUT2D eigenvalue weighted by atomic mass is 16.4. The van der Waals surface area contributed by atoms with Gasteiger partial charge >= 0.3 is 5.97 Å². The van der Waals surface area contributed by atoms with Crippen LogP contribution >= 0.6 is 0 Å². The zero-order chi connectivity index (χ0) is 20.5. The summed E-state index contributed by atoms with van der Waals surface area (Å²) in [6.07, 6.45) is 6.50. The van der Waals surface area contributed by atoms with Crippen molar-refractivity contribution in [2.75, 3.05) is 19.6 Å². The normalized spacial score (nSPS) is 13.0. The van der Waals surface area contributed by atoms with Crippen molar-refractivity contribution in [2.45, 2.75) is 76.3 Å². The summed E-state index contributed by atoms with van der Waals surface area (Å²) in [5.41, 5.74) is 16.6. The first kappa shape index (κ1) is 25.3. The van der Waals surface area contributed by atoms with Gasteiger partial charge < -0.3 is 32.9 Å². The number of nitrogens with two attached hydrogens (primary N) is 3. The molecule has 0 rings (SSSR count). The molecule has 0 aliphatic carbocycles. The predicted molar refractivity (Wildman–Crippen MR) is 105 cm³/mol. The minimum Gasteiger partial charge on any atom is -0.480 e. The van der Waals surface area contributed by atoms with E-state index in [2.05, 4.69) is 10.6 Å². The highest BCUT2D eigenvalue weighted by Crippen LogP contribution is 2.04. The molecule has 27 heavy (non-hydrogen) atoms. The Bertz CT molecular complexity index is 434. The van der Waals surface area contributed by atoms with Crippen molar-refractivity contribution in [3.8, 4) is 0 Å². The van der Waals surface area contributed by atoms with Gasteiger partial charge in [0.05, 0.1) is 6.04 Å². The van der Waals surface area contributed by atoms with Crippen LogP contribution in [-0.4, -0.2) is 54.6 Å². The largest absolute Gasteiger partial charge is 0.480 e. The fourth-order valence-electron chi connectivity index (χ4n) is 2.59. The number of carbonyl (C=O) groups is 3. The molecule has 0 aromatic heterocycles. The van der Waals surface area contributed by atoms with Gasteiger partial charge in [0, 0.05) is 13.0 Å². The molecule has 9 N–H and O–H groups in total. The molecule has 0 aliphatic rings. The van der Waals surface area contributed by atoms with Gasteiger partial charge in [-0.3, -0.25) is 9.59 Å². The summed E-state index contributed by atoms with van der Waals surface area (Å²) >= 11 is 0. The summed E-state index contributed by atoms with van der Waals surface area (Å²) in [4.78, 5) is 34.9. The van der Waals surface area contributed by atoms with Gasteiger partial charge in [0.25, 0.3) is 0 Å². The molecule has 0 unspecified atom stereocenters. The van der Waals surface area contributed by atoms with Crippen molar-refractivity contribution in [1.82, 2.24) is 10.6 Å². The van der Waals surface area contributed by atoms with Crippen molar-refractivity contribution in [3.05, 3.63) is 0 Å². The maximum atomic E-state index is 11.8. The lowest BCUT2D eigenvalue weighted by atomic mass is 10.1. The molecule has 0 spiro atoms. The van der Waals surface area contributed by atoms with Crippen LogP contribution in [-0.2, 0) is 14.4 Å². The molecule has 2 amide bonds. The number of amides is 2. The quantitative estimate of drug-likeness (QED) is 0.188. The number of carboxylic acid groups (broad SMARTS) is 1. The van der Waals surface area contributed by atoms with E-state index in [0.717, 1.165) is 25.7 Å². The van der Waals surface area contributed by atoms with E-state index in [-0.39, 0.29) is 11.8 Å². The van der Waals surface area contributed by atoms with E-state index >= 15 is 0 Å². The molecule has 0 saturated carbocycles. The van der Waals surface area contributed by atoms with Crippen LogP contribution in [0, 0.1) is 0 Å². The Morgan fingerprint density at radius 1 is 0.852 bits per heavy atom. The minimum atomic E-state index is -1.05. The highest BCUT2D eigenvalue weighted by Gasteiger charge is 2.19. The van der Waals surface area contributed by atoms with E-state index in [1.165, 1.54) is 0 Å². The van der Waals surface area contributed by atoms with Crippen LogP contribution in [0.1, 0.15) is 64.2 Å². The number of carboxylic acids is 1. The van der Waals surface area contributed by atoms with E-state index in [1.54, 1.807) is 0 Å². The lowest BCUT2D eigenvalue weighted by molar-refractivity contribution is -0.142. The Balaban J connectivity index is 3.94. The third kappa shape index (κ3) is 14.1. The second-order valence-corrected chi connectivity index (χ2v) is 6.74. The number of hydrogen-bond donors (Lipinski definition) is 6. The maximum absolute atomic E-state index is 11.8. The van der Waals surface area contributed by atoms with E-state index in [1.807, 2.05) is 0 Å². The van der Waals surface area contributed by atoms with Crippen LogP contribution in [0.15, 0.2) is 0 Å². The van der Waals surface area contributed by atoms with Crippen LogP contribution in [0.2, 0.25) is 0 Å². The van der Waals surface area contributed by atoms with Crippen molar-refractivity contribution >= 4 is 17.8 Å². The zero-order valence-electron chi connectivity index (χ0n) is 16.3. The van der Waals surface area contributed by atoms with E-state index in [4.69, 9.17) is 17.2 Å². The number of rotatable bonds is 17. The van der Waals surface area contributed by atoms with E-state index < -0.39 is 18.1 Å². The molecule has 0 heterocycles. The summed E-state index contributed by atoms with van der Waals surface area (Å²) in [6, 6.07) is -1.44. The number of aliphatic carboxylic acids is 1. The Morgan fingerprint density at radius 3 is 2.11 bits per heavy atom. The molecule has 0 aliphatic heterocycles. The van der Waals surface area contributed by atoms with E-state index in [9.17, 15) is 19.5 Å². The fraction of sp³-hybridized carbons (Fsp3) is 0.833. The van der Waals surface area contributed by atoms with Gasteiger partial charge in [-0.1, -0.05) is 12.8 Å². The number of unbranched alkanes of at least 4 members (excludes halogenated alkanes) is 4. The fourth-order valence-corrected chi connectivity index (χ4v) is 2.59. The molecular formula is C18H37N5O4. The van der Waals surface area contributed by atoms with Crippen molar-refractivity contribution in [1.29, 1.82) is 0 Å². The summed E-state index contributed by atoms with van der Waals surface area (Å²) in [5.74, 6) is -1.50. The van der Waals surface area contributed by atoms with Gasteiger partial charge in [-0.15, -0.1) is 0 Å². The van der Waals surface area contributed by atoms with Crippen LogP contribution in [0.4, 0.5) is 0 Å². The third-order valence-corrected chi connectivity index (χ3v) is 4.27. The number of nitrogens with one attached hydrogen (secondary N) is 2. The van der Waals surface area contributed by atoms with Gasteiger partial charge in [0.1, 0.15) is 6.04 Å². The first-order chi connectivity index (χ1) is 12.9. The summed E-state index contributed by atoms with van der Waals surface area (Å²) in [7, 11) is 0. The van der Waals surface area contributed by atoms with Crippen LogP contribution in [0.3, 0.4) is 0 Å². The maximum Gasteiger partial charge on any atom is 0.326 e. The van der Waals surface area contributed by atoms with Crippen LogP contribution < -0.4 is 27.8 Å². The molecule has 158 valence electrons. The van der Waals surface area contributed by atoms with Gasteiger partial charge in [-0.25, -0.2) is 4.79 Å². The lowest BCUT2D eigenvalue weighted by Crippen LogP contribution is -2.41. The Morgan fingerprint density at radius 2 is 1.48 bits per heavy atom. The Kier molecular flexibility index (Phi) is 15.4. The topological polar surface area (TPSA) is 174 Å². The molecule has 0 fully saturated rings. The smallest absolute Gasteiger partial charge is 0.326 e. The molecule has 0 radical (unpaired) electrons. The molecule has 0 bridgehead atoms. The van der Waals surface area contributed by atoms with Gasteiger partial charge in [0.15, 0.2) is 0 Å². The molecule has 0 aromatic carbocycles. The Hall–Kier alpha value is -1.71. The number of hydrogen-bond acceptors (Lipinski definition) is 6. The predicted octanol–water partition coefficient (Wildman–Crippen LogP) is -0.182. The van der Waals surface area contributed by atoms with E-state index in [0.29, 0.717) is 58.2 Å². The zero-order valence-corrected chi connectivity index (χ0v) is 16.3. The third-order valence-electron chi connectivity index (χ3n) is 4.27. The van der Waals surface area contributed by atoms with Crippen molar-refractivity contribution in [2.24, 2.45) is 17.2 Å². The highest BCUT2D eigenvalue weighted by molar-refractivity contribution is 5.83. The Labute approximate surface area is 161 Å². The molecule has 9 nitrogen and oxygen atoms in total. The molecule has 9 heteroatoms. The monoisotopic (exact) mass is 387 g/mol. The summed E-state index contributed by atoms with van der Waals surface area (Å²) < 4.78 is 0. The summed E-state index contributed by atoms with van der Waals surface area (Å²) in [6.45, 7) is 1.61. The SMILES string of the molecule is NCCCCCC(=O)N[C@@H](CCCCNC(=O)[C@@H](N)CCCCN)C(=O)O. The van der Waals surface area contributed by atoms with Gasteiger partial charge in [-0.2, -0.15) is 0 Å². The first-order valence-electron chi connectivity index (χ1n) is 9.88. The molecule has 0 saturated heterocycles. The van der Waals surface area contributed by atoms with Crippen molar-refractivity contribution in [3.63, 3.8) is 0 Å². The summed E-state index contributed by atoms with van der Waals surface area (Å²) in [5, 5.41) is 14.5. The first-order valence-corrected chi connectivity index (χ1v) is 9.88. The standard InChI is InChI=1S/C18H37N5O4/c19-11-5-1-2-10-16(24)23-15(18(26)27)9-4-7-13-22-17(25)14(21)8-3-6-12-20/h14-15H,1-13,19-21H2,(H,22,25)(H,23,24)(H,26,27)/t14-,15-/m0/s1. The number of carbonyl (C=O) groups excluding carboxylic acids is 2. The average molecular weight is 388 g/mol. The molecule has 0 aromatic rings. The lowest BCUT2D eigenvalue weighted by Gasteiger charge is -2.15. The van der Waals surface area contributed by atoms with Gasteiger partial charge in [0.2, 0.25) is 11.8 Å². The molecular weight excluding hydrogens is 350 g/mol. The second-order valence-electron chi connectivity index (χ2n) is 6.74. The van der Waals surface area contributed by atoms with Crippen LogP contribution in [0.5, 0.6) is 0 Å². The molecule has 2 atom stereocenters. The average Bonchev–Trinajstić information content (AvgIpc) is 2.63. The van der Waals surface area contributed by atoms with Crippen molar-refractivity contribution < 1.29 is 19.5 Å². The second kappa shape index (κ2) is 16.5. The van der Waals surface area contributed by atoms with Gasteiger partial charge in [-0.05, 0) is 58.0 Å².